The number of aryl methyl sites for hydroxylation is 1. The zero-order chi connectivity index (χ0) is 20.1. The second-order valence-corrected chi connectivity index (χ2v) is 8.08. The van der Waals surface area contributed by atoms with Crippen molar-refractivity contribution in [2.24, 2.45) is 0 Å². The molecule has 2 aliphatic heterocycles. The van der Waals surface area contributed by atoms with Crippen LogP contribution >= 0.6 is 0 Å². The fourth-order valence-corrected chi connectivity index (χ4v) is 4.41. The molecule has 0 unspecified atom stereocenters. The number of para-hydroxylation sites is 1. The first-order chi connectivity index (χ1) is 14.2. The molecule has 0 radical (unpaired) electrons. The fraction of sp³-hybridized carbons (Fsp3) is 0.458. The first-order valence-corrected chi connectivity index (χ1v) is 10.7. The van der Waals surface area contributed by atoms with E-state index >= 15 is 0 Å². The van der Waals surface area contributed by atoms with Crippen LogP contribution in [0.5, 0.6) is 5.75 Å². The normalized spacial score (nSPS) is 18.7. The van der Waals surface area contributed by atoms with Crippen molar-refractivity contribution in [2.45, 2.75) is 25.8 Å². The molecule has 0 spiro atoms. The Labute approximate surface area is 173 Å². The number of likely N-dealkylation sites (tertiary alicyclic amines) is 1. The quantitative estimate of drug-likeness (QED) is 0.782. The average molecular weight is 394 g/mol. The minimum Gasteiger partial charge on any atom is -0.484 e. The SMILES string of the molecule is Cc1cccc(OCC(=O)N2CCC(N3CCN(c4ccccc4)CC3)CC2)c1. The van der Waals surface area contributed by atoms with Crippen molar-refractivity contribution in [2.75, 3.05) is 50.8 Å². The first kappa shape index (κ1) is 19.8. The molecular weight excluding hydrogens is 362 g/mol. The molecule has 2 aliphatic rings. The van der Waals surface area contributed by atoms with E-state index in [9.17, 15) is 4.79 Å². The summed E-state index contributed by atoms with van der Waals surface area (Å²) in [5, 5.41) is 0. The monoisotopic (exact) mass is 393 g/mol. The van der Waals surface area contributed by atoms with Crippen LogP contribution in [0.2, 0.25) is 0 Å². The van der Waals surface area contributed by atoms with Crippen molar-refractivity contribution in [1.29, 1.82) is 0 Å². The lowest BCUT2D eigenvalue weighted by molar-refractivity contribution is -0.135. The number of benzene rings is 2. The number of hydrogen-bond donors (Lipinski definition) is 0. The summed E-state index contributed by atoms with van der Waals surface area (Å²) in [5.41, 5.74) is 2.46. The molecule has 1 amide bonds. The Hall–Kier alpha value is -2.53. The van der Waals surface area contributed by atoms with E-state index in [1.54, 1.807) is 0 Å². The third-order valence-electron chi connectivity index (χ3n) is 6.12. The molecule has 2 heterocycles. The lowest BCUT2D eigenvalue weighted by Gasteiger charge is -2.43. The van der Waals surface area contributed by atoms with Crippen molar-refractivity contribution in [1.82, 2.24) is 9.80 Å². The molecule has 0 saturated carbocycles. The zero-order valence-electron chi connectivity index (χ0n) is 17.3. The molecule has 0 aliphatic carbocycles. The minimum atomic E-state index is 0.0962. The number of amides is 1. The van der Waals surface area contributed by atoms with E-state index in [0.29, 0.717) is 6.04 Å². The van der Waals surface area contributed by atoms with Gasteiger partial charge in [-0.2, -0.15) is 0 Å². The second kappa shape index (κ2) is 9.31. The van der Waals surface area contributed by atoms with Gasteiger partial charge in [-0.15, -0.1) is 0 Å². The number of piperidine rings is 1. The largest absolute Gasteiger partial charge is 0.484 e. The molecule has 0 aromatic heterocycles. The van der Waals surface area contributed by atoms with Crippen LogP contribution in [0.15, 0.2) is 54.6 Å². The molecule has 4 rings (SSSR count). The summed E-state index contributed by atoms with van der Waals surface area (Å²) >= 11 is 0. The van der Waals surface area contributed by atoms with Gasteiger partial charge in [0.1, 0.15) is 5.75 Å². The lowest BCUT2D eigenvalue weighted by atomic mass is 10.0. The van der Waals surface area contributed by atoms with Gasteiger partial charge in [0.2, 0.25) is 0 Å². The van der Waals surface area contributed by atoms with Gasteiger partial charge in [-0.1, -0.05) is 30.3 Å². The maximum atomic E-state index is 12.5. The average Bonchev–Trinajstić information content (AvgIpc) is 2.78. The van der Waals surface area contributed by atoms with Crippen LogP contribution in [-0.4, -0.2) is 67.6 Å². The van der Waals surface area contributed by atoms with E-state index < -0.39 is 0 Å². The summed E-state index contributed by atoms with van der Waals surface area (Å²) in [6.07, 6.45) is 2.11. The third kappa shape index (κ3) is 5.10. The molecule has 0 bridgehead atoms. The van der Waals surface area contributed by atoms with E-state index in [-0.39, 0.29) is 12.5 Å². The molecular formula is C24H31N3O2. The maximum absolute atomic E-state index is 12.5. The van der Waals surface area contributed by atoms with Gasteiger partial charge in [0.15, 0.2) is 6.61 Å². The van der Waals surface area contributed by atoms with Gasteiger partial charge in [0.05, 0.1) is 0 Å². The van der Waals surface area contributed by atoms with Gasteiger partial charge < -0.3 is 14.5 Å². The highest BCUT2D eigenvalue weighted by Crippen LogP contribution is 2.21. The number of anilines is 1. The van der Waals surface area contributed by atoms with Crippen LogP contribution in [0.4, 0.5) is 5.69 Å². The summed E-state index contributed by atoms with van der Waals surface area (Å²) in [4.78, 5) is 19.6. The first-order valence-electron chi connectivity index (χ1n) is 10.7. The Morgan fingerprint density at radius 1 is 0.931 bits per heavy atom. The van der Waals surface area contributed by atoms with Gasteiger partial charge in [-0.05, 0) is 49.6 Å². The maximum Gasteiger partial charge on any atom is 0.260 e. The van der Waals surface area contributed by atoms with E-state index in [4.69, 9.17) is 4.74 Å². The predicted octanol–water partition coefficient (Wildman–Crippen LogP) is 3.19. The molecule has 2 aromatic rings. The Kier molecular flexibility index (Phi) is 6.35. The highest BCUT2D eigenvalue weighted by atomic mass is 16.5. The lowest BCUT2D eigenvalue weighted by Crippen LogP contribution is -2.54. The summed E-state index contributed by atoms with van der Waals surface area (Å²) in [6, 6.07) is 19.1. The minimum absolute atomic E-state index is 0.0962. The zero-order valence-corrected chi connectivity index (χ0v) is 17.3. The number of carbonyl (C=O) groups is 1. The van der Waals surface area contributed by atoms with Crippen LogP contribution < -0.4 is 9.64 Å². The predicted molar refractivity (Wildman–Crippen MR) is 117 cm³/mol. The highest BCUT2D eigenvalue weighted by Gasteiger charge is 2.29. The molecule has 2 saturated heterocycles. The summed E-state index contributed by atoms with van der Waals surface area (Å²) < 4.78 is 5.69. The van der Waals surface area contributed by atoms with Gasteiger partial charge in [-0.25, -0.2) is 0 Å². The van der Waals surface area contributed by atoms with Gasteiger partial charge in [0, 0.05) is 51.0 Å². The third-order valence-corrected chi connectivity index (χ3v) is 6.12. The van der Waals surface area contributed by atoms with E-state index in [2.05, 4.69) is 40.1 Å². The Balaban J connectivity index is 1.20. The number of rotatable bonds is 5. The molecule has 0 N–H and O–H groups in total. The van der Waals surface area contributed by atoms with E-state index in [1.165, 1.54) is 5.69 Å². The molecule has 5 heteroatoms. The number of hydrogen-bond acceptors (Lipinski definition) is 4. The van der Waals surface area contributed by atoms with Crippen molar-refractivity contribution in [3.63, 3.8) is 0 Å². The molecule has 2 aromatic carbocycles. The molecule has 5 nitrogen and oxygen atoms in total. The van der Waals surface area contributed by atoms with Gasteiger partial charge in [-0.3, -0.25) is 9.69 Å². The molecule has 2 fully saturated rings. The van der Waals surface area contributed by atoms with Crippen molar-refractivity contribution < 1.29 is 9.53 Å². The van der Waals surface area contributed by atoms with E-state index in [1.807, 2.05) is 36.1 Å². The highest BCUT2D eigenvalue weighted by molar-refractivity contribution is 5.77. The fourth-order valence-electron chi connectivity index (χ4n) is 4.41. The summed E-state index contributed by atoms with van der Waals surface area (Å²) in [5.74, 6) is 0.864. The van der Waals surface area contributed by atoms with Crippen molar-refractivity contribution >= 4 is 11.6 Å². The Morgan fingerprint density at radius 3 is 2.34 bits per heavy atom. The molecule has 154 valence electrons. The second-order valence-electron chi connectivity index (χ2n) is 8.08. The van der Waals surface area contributed by atoms with Gasteiger partial charge >= 0.3 is 0 Å². The molecule has 29 heavy (non-hydrogen) atoms. The topological polar surface area (TPSA) is 36.0 Å². The standard InChI is InChI=1S/C24H31N3O2/c1-20-6-5-9-23(18-20)29-19-24(28)27-12-10-22(11-13-27)26-16-14-25(15-17-26)21-7-3-2-4-8-21/h2-9,18,22H,10-17,19H2,1H3. The van der Waals surface area contributed by atoms with Crippen LogP contribution in [-0.2, 0) is 4.79 Å². The number of ether oxygens (including phenoxy) is 1. The van der Waals surface area contributed by atoms with E-state index in [0.717, 1.165) is 63.4 Å². The van der Waals surface area contributed by atoms with Crippen molar-refractivity contribution in [3.05, 3.63) is 60.2 Å². The van der Waals surface area contributed by atoms with Crippen LogP contribution in [0.3, 0.4) is 0 Å². The van der Waals surface area contributed by atoms with Crippen LogP contribution in [0.1, 0.15) is 18.4 Å². The van der Waals surface area contributed by atoms with Crippen LogP contribution in [0.25, 0.3) is 0 Å². The van der Waals surface area contributed by atoms with Gasteiger partial charge in [0.25, 0.3) is 5.91 Å². The molecule has 0 atom stereocenters. The number of nitrogens with zero attached hydrogens (tertiary/aromatic N) is 3. The Morgan fingerprint density at radius 2 is 1.66 bits per heavy atom. The number of carbonyl (C=O) groups excluding carboxylic acids is 1. The summed E-state index contributed by atoms with van der Waals surface area (Å²) in [6.45, 7) is 8.18. The number of piperazine rings is 1. The van der Waals surface area contributed by atoms with Crippen molar-refractivity contribution in [3.8, 4) is 5.75 Å². The van der Waals surface area contributed by atoms with Crippen LogP contribution in [0, 0.1) is 6.92 Å². The summed E-state index contributed by atoms with van der Waals surface area (Å²) in [7, 11) is 0. The smallest absolute Gasteiger partial charge is 0.260 e. The Bertz CT molecular complexity index is 795.